The molecule has 0 aromatic carbocycles. The van der Waals surface area contributed by atoms with E-state index in [-0.39, 0.29) is 57.4 Å². The molecule has 2 saturated carbocycles. The van der Waals surface area contributed by atoms with Gasteiger partial charge in [-0.15, -0.1) is 11.6 Å². The second kappa shape index (κ2) is 37.6. The zero-order valence-corrected chi connectivity index (χ0v) is 61.8. The molecule has 0 radical (unpaired) electrons. The molecule has 5 rings (SSSR count). The van der Waals surface area contributed by atoms with Crippen molar-refractivity contribution in [3.05, 3.63) is 0 Å². The minimum absolute atomic E-state index is 0.0220. The van der Waals surface area contributed by atoms with E-state index in [1.165, 1.54) is 80.2 Å². The third kappa shape index (κ3) is 22.7. The molecule has 3 aliphatic heterocycles. The van der Waals surface area contributed by atoms with E-state index in [9.17, 15) is 60.3 Å². The fourth-order valence-electron chi connectivity index (χ4n) is 14.3. The zero-order valence-electron chi connectivity index (χ0n) is 61.0. The van der Waals surface area contributed by atoms with Crippen LogP contribution in [0.15, 0.2) is 0 Å². The smallest absolute Gasteiger partial charge is 0.382 e. The summed E-state index contributed by atoms with van der Waals surface area (Å²) < 4.78 is 76.2. The summed E-state index contributed by atoms with van der Waals surface area (Å²) >= 11 is 6.36. The van der Waals surface area contributed by atoms with Gasteiger partial charge in [-0.3, -0.25) is 62.4 Å². The van der Waals surface area contributed by atoms with E-state index in [0.29, 0.717) is 32.4 Å². The van der Waals surface area contributed by atoms with E-state index < -0.39 is 206 Å². The second-order valence-corrected chi connectivity index (χ2v) is 29.6. The average Bonchev–Trinajstić information content (AvgIpc) is 0.809. The number of amides is 12. The highest BCUT2D eigenvalue weighted by atomic mass is 35.5. The number of nitrogens with one attached hydrogen (secondary N) is 3. The van der Waals surface area contributed by atoms with E-state index in [4.69, 9.17) is 16.3 Å². The Kier molecular flexibility index (Phi) is 31.6. The van der Waals surface area contributed by atoms with Crippen LogP contribution in [-0.4, -0.2) is 308 Å². The van der Waals surface area contributed by atoms with E-state index in [0.717, 1.165) is 72.8 Å². The van der Waals surface area contributed by atoms with Crippen LogP contribution >= 0.6 is 11.6 Å². The lowest BCUT2D eigenvalue weighted by molar-refractivity contribution is -0.182. The van der Waals surface area contributed by atoms with Gasteiger partial charge in [0.1, 0.15) is 48.3 Å². The highest BCUT2D eigenvalue weighted by Gasteiger charge is 2.49. The summed E-state index contributed by atoms with van der Waals surface area (Å²) in [6.45, 7) is 4.94. The van der Waals surface area contributed by atoms with Gasteiger partial charge in [0.05, 0.1) is 51.7 Å². The van der Waals surface area contributed by atoms with E-state index in [1.54, 1.807) is 32.6 Å². The molecule has 5 aliphatic rings. The van der Waals surface area contributed by atoms with Gasteiger partial charge in [-0.2, -0.15) is 13.2 Å². The van der Waals surface area contributed by atoms with Crippen molar-refractivity contribution in [2.75, 3.05) is 122 Å². The molecule has 568 valence electrons. The quantitative estimate of drug-likeness (QED) is 0.166. The lowest BCUT2D eigenvalue weighted by Gasteiger charge is -2.40. The molecule has 0 bridgehead atoms. The first-order valence-corrected chi connectivity index (χ1v) is 35.7. The Morgan fingerprint density at radius 2 is 1.20 bits per heavy atom. The van der Waals surface area contributed by atoms with Crippen molar-refractivity contribution in [2.24, 2.45) is 29.6 Å². The summed E-state index contributed by atoms with van der Waals surface area (Å²) in [5.41, 5.74) is 0. The highest BCUT2D eigenvalue weighted by molar-refractivity contribution is 6.20. The number of nitrogens with zero attached hydrogens (tertiary/aromatic N) is 10. The van der Waals surface area contributed by atoms with E-state index >= 15 is 19.2 Å². The zero-order chi connectivity index (χ0) is 75.0. The highest BCUT2D eigenvalue weighted by Crippen LogP contribution is 2.44. The maximum absolute atomic E-state index is 15.2. The first-order chi connectivity index (χ1) is 46.7. The molecule has 0 aromatic rings. The molecule has 3 N–H and O–H groups in total. The van der Waals surface area contributed by atoms with Crippen LogP contribution in [0.3, 0.4) is 0 Å². The number of alkyl halides is 6. The number of rotatable bonds is 14. The predicted octanol–water partition coefficient (Wildman–Crippen LogP) is 3.41. The van der Waals surface area contributed by atoms with Crippen molar-refractivity contribution in [3.63, 3.8) is 0 Å². The van der Waals surface area contributed by atoms with Crippen molar-refractivity contribution in [1.29, 1.82) is 0 Å². The van der Waals surface area contributed by atoms with Crippen LogP contribution in [0.4, 0.5) is 22.0 Å². The summed E-state index contributed by atoms with van der Waals surface area (Å²) in [6.07, 6.45) is 0.775. The standard InChI is InChI=1S/C68H111ClF5N13O13/c1-15-42(4)57-65(98)80(8)36-55(90)78(6)37-56(91)82(10)51(33-44-22-18-16-19-23-44)63(96)79(7)35-53(88)75-48(27-25-45-24-26-46(47(69)32-45)68(72,73)74)61(94)83(11)50(28-31-86-39-67(70,71)40-86)60(93)76-49(38-100-14)62(95)85(13)58(41(2)3)66(99)84(12)52(64(97)87-29-20-17-21-30-87)34-54(89)81(9)43(5)59(92)77-57/h41-52,57-58H,15-40H2,1-14H3,(H,75,88)(H,76,93)(H,77,92)/t42-,43-,45?,46?,47?,48-,49-,50-,51-,52-,57-,58-/m0/s1. The van der Waals surface area contributed by atoms with Gasteiger partial charge in [-0.05, 0) is 94.8 Å². The van der Waals surface area contributed by atoms with Gasteiger partial charge in [0.2, 0.25) is 70.9 Å². The molecule has 32 heteroatoms. The summed E-state index contributed by atoms with van der Waals surface area (Å²) in [7, 11) is 11.8. The molecule has 3 saturated heterocycles. The van der Waals surface area contributed by atoms with Gasteiger partial charge in [-0.25, -0.2) is 8.78 Å². The summed E-state index contributed by atoms with van der Waals surface area (Å²) in [4.78, 5) is 188. The maximum atomic E-state index is 15.2. The lowest BCUT2D eigenvalue weighted by Crippen LogP contribution is -2.62. The third-order valence-electron chi connectivity index (χ3n) is 21.1. The minimum Gasteiger partial charge on any atom is -0.382 e. The molecule has 12 atom stereocenters. The van der Waals surface area contributed by atoms with Crippen LogP contribution in [-0.2, 0) is 62.3 Å². The lowest BCUT2D eigenvalue weighted by atomic mass is 9.78. The third-order valence-corrected chi connectivity index (χ3v) is 21.6. The van der Waals surface area contributed by atoms with Gasteiger partial charge in [-0.1, -0.05) is 66.2 Å². The Morgan fingerprint density at radius 1 is 0.610 bits per heavy atom. The number of likely N-dealkylation sites (N-methyl/N-ethyl adjacent to an activating group) is 8. The molecular weight excluding hydrogens is 1340 g/mol. The van der Waals surface area contributed by atoms with Crippen LogP contribution < -0.4 is 16.0 Å². The Bertz CT molecular complexity index is 2860. The summed E-state index contributed by atoms with van der Waals surface area (Å²) in [5, 5.41) is 6.81. The van der Waals surface area contributed by atoms with Gasteiger partial charge in [0, 0.05) is 88.5 Å². The molecule has 3 unspecified atom stereocenters. The number of piperidine rings is 1. The molecule has 2 aliphatic carbocycles. The molecule has 3 heterocycles. The van der Waals surface area contributed by atoms with E-state index in [2.05, 4.69) is 16.0 Å². The van der Waals surface area contributed by atoms with Gasteiger partial charge in [0.25, 0.3) is 5.92 Å². The van der Waals surface area contributed by atoms with Crippen LogP contribution in [0.2, 0.25) is 0 Å². The summed E-state index contributed by atoms with van der Waals surface area (Å²) in [6, 6.07) is -11.3. The number of ether oxygens (including phenoxy) is 1. The van der Waals surface area contributed by atoms with Crippen molar-refractivity contribution in [2.45, 2.75) is 210 Å². The van der Waals surface area contributed by atoms with Crippen molar-refractivity contribution in [3.8, 4) is 0 Å². The van der Waals surface area contributed by atoms with Crippen LogP contribution in [0.25, 0.3) is 0 Å². The fraction of sp³-hybridized carbons (Fsp3) is 0.824. The number of halogens is 6. The topological polar surface area (TPSA) is 283 Å². The molecule has 26 nitrogen and oxygen atoms in total. The first kappa shape index (κ1) is 84.2. The van der Waals surface area contributed by atoms with Gasteiger partial charge < -0.3 is 64.8 Å². The molecule has 100 heavy (non-hydrogen) atoms. The Balaban J connectivity index is 1.61. The summed E-state index contributed by atoms with van der Waals surface area (Å²) in [5.74, 6) is -15.8. The second-order valence-electron chi connectivity index (χ2n) is 29.0. The van der Waals surface area contributed by atoms with Crippen LogP contribution in [0.1, 0.15) is 144 Å². The van der Waals surface area contributed by atoms with Crippen molar-refractivity contribution in [1.82, 2.24) is 64.9 Å². The van der Waals surface area contributed by atoms with Gasteiger partial charge in [0.15, 0.2) is 0 Å². The monoisotopic (exact) mass is 1450 g/mol. The van der Waals surface area contributed by atoms with Gasteiger partial charge >= 0.3 is 6.18 Å². The van der Waals surface area contributed by atoms with Crippen molar-refractivity contribution >= 4 is 82.5 Å². The molecular formula is C68H111ClF5N13O13. The minimum atomic E-state index is -4.57. The largest absolute Gasteiger partial charge is 0.393 e. The molecule has 0 aromatic heterocycles. The normalized spacial score (nSPS) is 29.4. The number of carbonyl (C=O) groups is 12. The van der Waals surface area contributed by atoms with E-state index in [1.807, 2.05) is 0 Å². The Hall–Kier alpha value is -6.50. The molecule has 12 amide bonds. The number of carbonyl (C=O) groups excluding carboxylic acids is 12. The number of hydrogen-bond acceptors (Lipinski definition) is 14. The Morgan fingerprint density at radius 3 is 1.77 bits per heavy atom. The number of likely N-dealkylation sites (tertiary alicyclic amines) is 2. The predicted molar refractivity (Wildman–Crippen MR) is 361 cm³/mol. The van der Waals surface area contributed by atoms with Crippen LogP contribution in [0, 0.1) is 29.6 Å². The average molecular weight is 1450 g/mol. The first-order valence-electron chi connectivity index (χ1n) is 35.3. The molecule has 0 spiro atoms. The Labute approximate surface area is 591 Å². The van der Waals surface area contributed by atoms with Crippen LogP contribution in [0.5, 0.6) is 0 Å². The van der Waals surface area contributed by atoms with Crippen molar-refractivity contribution < 1.29 is 84.2 Å². The SMILES string of the molecule is CC[C@H](C)[C@@H]1NC(=O)[C@H](C)N(C)C(=O)C[C@@H](C(=O)N2CCCCC2)N(C)C(=O)[C@H](C(C)C)N(C)C(=O)[C@H](COC)NC(=O)[C@H](CCN2CC(F)(F)C2)N(C)C(=O)[C@H](CCC2CCC(C(F)(F)F)C(Cl)C2)NC(=O)CN(C)C(=O)[C@H](CC2CCCCC2)N(C)C(=O)CN(C)C(=O)CN(C)C1=O. The maximum Gasteiger partial charge on any atom is 0.393 e. The molecule has 5 fully saturated rings. The fourth-order valence-corrected chi connectivity index (χ4v) is 14.8. The number of hydrogen-bond donors (Lipinski definition) is 3. The number of methoxy groups -OCH3 is 1.